The summed E-state index contributed by atoms with van der Waals surface area (Å²) < 4.78 is 14.5. The van der Waals surface area contributed by atoms with Gasteiger partial charge in [-0.25, -0.2) is 13.9 Å². The molecule has 0 atom stereocenters. The van der Waals surface area contributed by atoms with Gasteiger partial charge in [0, 0.05) is 17.6 Å². The normalized spacial score (nSPS) is 11.2. The molecule has 3 aromatic rings. The molecule has 68 valence electrons. The van der Waals surface area contributed by atoms with Crippen molar-refractivity contribution in [2.75, 3.05) is 0 Å². The van der Waals surface area contributed by atoms with Crippen LogP contribution in [0.25, 0.3) is 16.4 Å². The highest BCUT2D eigenvalue weighted by Gasteiger charge is 2.04. The largest absolute Gasteiger partial charge is 0.245 e. The van der Waals surface area contributed by atoms with Gasteiger partial charge < -0.3 is 0 Å². The lowest BCUT2D eigenvalue weighted by molar-refractivity contribution is 0.629. The molecule has 2 aromatic heterocycles. The third kappa shape index (κ3) is 0.907. The molecule has 0 saturated carbocycles. The second-order valence-electron chi connectivity index (χ2n) is 3.07. The van der Waals surface area contributed by atoms with Crippen LogP contribution in [0.1, 0.15) is 0 Å². The molecular formula is C10H6FN3. The van der Waals surface area contributed by atoms with Crippen molar-refractivity contribution in [1.29, 1.82) is 0 Å². The molecule has 1 aromatic carbocycles. The summed E-state index contributed by atoms with van der Waals surface area (Å²) in [5.41, 5.74) is 1.59. The standard InChI is InChI=1S/C10H6FN3/c11-7-1-2-8-9(5-7)13-14-6-12-4-3-10(8)14/h1-6H. The predicted molar refractivity (Wildman–Crippen MR) is 50.5 cm³/mol. The summed E-state index contributed by atoms with van der Waals surface area (Å²) in [5, 5.41) is 5.13. The first-order valence-corrected chi connectivity index (χ1v) is 4.22. The van der Waals surface area contributed by atoms with E-state index >= 15 is 0 Å². The molecular weight excluding hydrogens is 181 g/mol. The Morgan fingerprint density at radius 3 is 3.07 bits per heavy atom. The molecule has 2 heterocycles. The SMILES string of the molecule is Fc1ccc2c(c1)nn1cnccc21. The van der Waals surface area contributed by atoms with Gasteiger partial charge in [0.25, 0.3) is 0 Å². The van der Waals surface area contributed by atoms with E-state index in [1.54, 1.807) is 23.1 Å². The molecule has 14 heavy (non-hydrogen) atoms. The molecule has 3 nitrogen and oxygen atoms in total. The van der Waals surface area contributed by atoms with Crippen LogP contribution in [0.4, 0.5) is 4.39 Å². The maximum Gasteiger partial charge on any atom is 0.125 e. The Bertz CT molecular complexity index is 615. The van der Waals surface area contributed by atoms with Crippen LogP contribution in [0.3, 0.4) is 0 Å². The zero-order chi connectivity index (χ0) is 9.54. The van der Waals surface area contributed by atoms with E-state index in [0.29, 0.717) is 5.52 Å². The Morgan fingerprint density at radius 1 is 1.21 bits per heavy atom. The molecule has 0 N–H and O–H groups in total. The van der Waals surface area contributed by atoms with Crippen molar-refractivity contribution in [2.24, 2.45) is 0 Å². The molecule has 4 heteroatoms. The van der Waals surface area contributed by atoms with Gasteiger partial charge in [-0.05, 0) is 18.2 Å². The van der Waals surface area contributed by atoms with Crippen molar-refractivity contribution in [3.05, 3.63) is 42.6 Å². The summed E-state index contributed by atoms with van der Waals surface area (Å²) in [6, 6.07) is 6.44. The summed E-state index contributed by atoms with van der Waals surface area (Å²) in [6.07, 6.45) is 3.30. The molecule has 0 bridgehead atoms. The Labute approximate surface area is 78.8 Å². The minimum Gasteiger partial charge on any atom is -0.245 e. The van der Waals surface area contributed by atoms with Crippen LogP contribution in [0.2, 0.25) is 0 Å². The average molecular weight is 187 g/mol. The third-order valence-electron chi connectivity index (χ3n) is 2.19. The van der Waals surface area contributed by atoms with Crippen LogP contribution in [0.5, 0.6) is 0 Å². The molecule has 0 aliphatic heterocycles. The van der Waals surface area contributed by atoms with Gasteiger partial charge in [0.2, 0.25) is 0 Å². The molecule has 3 rings (SSSR count). The Morgan fingerprint density at radius 2 is 2.14 bits per heavy atom. The topological polar surface area (TPSA) is 30.2 Å². The van der Waals surface area contributed by atoms with Crippen molar-refractivity contribution in [1.82, 2.24) is 14.6 Å². The fraction of sp³-hybridized carbons (Fsp3) is 0. The van der Waals surface area contributed by atoms with E-state index in [1.165, 1.54) is 12.1 Å². The number of hydrogen-bond acceptors (Lipinski definition) is 2. The van der Waals surface area contributed by atoms with Gasteiger partial charge >= 0.3 is 0 Å². The van der Waals surface area contributed by atoms with E-state index in [-0.39, 0.29) is 5.82 Å². The molecule has 0 aliphatic rings. The first-order chi connectivity index (χ1) is 6.84. The number of hydrogen-bond donors (Lipinski definition) is 0. The Hall–Kier alpha value is -1.97. The minimum absolute atomic E-state index is 0.270. The number of aromatic nitrogens is 3. The first-order valence-electron chi connectivity index (χ1n) is 4.22. The van der Waals surface area contributed by atoms with Crippen molar-refractivity contribution >= 4 is 16.4 Å². The zero-order valence-electron chi connectivity index (χ0n) is 7.18. The highest BCUT2D eigenvalue weighted by Crippen LogP contribution is 2.19. The van der Waals surface area contributed by atoms with Crippen LogP contribution < -0.4 is 0 Å². The molecule has 0 aliphatic carbocycles. The van der Waals surface area contributed by atoms with E-state index in [9.17, 15) is 4.39 Å². The number of benzene rings is 1. The smallest absolute Gasteiger partial charge is 0.125 e. The predicted octanol–water partition coefficient (Wildman–Crippen LogP) is 2.02. The van der Waals surface area contributed by atoms with Gasteiger partial charge in [-0.15, -0.1) is 0 Å². The fourth-order valence-corrected chi connectivity index (χ4v) is 1.57. The Kier molecular flexibility index (Phi) is 1.33. The van der Waals surface area contributed by atoms with Gasteiger partial charge in [0.15, 0.2) is 0 Å². The zero-order valence-corrected chi connectivity index (χ0v) is 7.18. The quantitative estimate of drug-likeness (QED) is 0.539. The number of halogens is 1. The lowest BCUT2D eigenvalue weighted by Gasteiger charge is -1.89. The highest BCUT2D eigenvalue weighted by atomic mass is 19.1. The highest BCUT2D eigenvalue weighted by molar-refractivity contribution is 5.93. The van der Waals surface area contributed by atoms with Crippen LogP contribution >= 0.6 is 0 Å². The van der Waals surface area contributed by atoms with Crippen LogP contribution in [0, 0.1) is 5.82 Å². The maximum absolute atomic E-state index is 12.9. The van der Waals surface area contributed by atoms with Crippen molar-refractivity contribution in [2.45, 2.75) is 0 Å². The molecule has 0 saturated heterocycles. The second-order valence-corrected chi connectivity index (χ2v) is 3.07. The molecule has 0 amide bonds. The lowest BCUT2D eigenvalue weighted by atomic mass is 10.2. The van der Waals surface area contributed by atoms with E-state index in [1.807, 2.05) is 6.07 Å². The summed E-state index contributed by atoms with van der Waals surface area (Å²) in [6.45, 7) is 0. The molecule has 0 unspecified atom stereocenters. The summed E-state index contributed by atoms with van der Waals surface area (Å²) in [7, 11) is 0. The maximum atomic E-state index is 12.9. The van der Waals surface area contributed by atoms with Gasteiger partial charge in [0.1, 0.15) is 12.1 Å². The lowest BCUT2D eigenvalue weighted by Crippen LogP contribution is -1.85. The van der Waals surface area contributed by atoms with E-state index in [4.69, 9.17) is 0 Å². The fourth-order valence-electron chi connectivity index (χ4n) is 1.57. The molecule has 0 spiro atoms. The molecule has 0 radical (unpaired) electrons. The summed E-state index contributed by atoms with van der Waals surface area (Å²) in [5.74, 6) is -0.270. The van der Waals surface area contributed by atoms with Gasteiger partial charge in [-0.3, -0.25) is 0 Å². The van der Waals surface area contributed by atoms with Gasteiger partial charge in [-0.1, -0.05) is 0 Å². The van der Waals surface area contributed by atoms with Crippen LogP contribution in [-0.2, 0) is 0 Å². The second kappa shape index (κ2) is 2.51. The number of nitrogens with zero attached hydrogens (tertiary/aromatic N) is 3. The molecule has 0 fully saturated rings. The first kappa shape index (κ1) is 7.44. The minimum atomic E-state index is -0.270. The van der Waals surface area contributed by atoms with Crippen LogP contribution in [0.15, 0.2) is 36.8 Å². The van der Waals surface area contributed by atoms with Crippen molar-refractivity contribution < 1.29 is 4.39 Å². The third-order valence-corrected chi connectivity index (χ3v) is 2.19. The monoisotopic (exact) mass is 187 g/mol. The number of fused-ring (bicyclic) bond motifs is 3. The van der Waals surface area contributed by atoms with Gasteiger partial charge in [0.05, 0.1) is 11.0 Å². The van der Waals surface area contributed by atoms with Crippen molar-refractivity contribution in [3.63, 3.8) is 0 Å². The van der Waals surface area contributed by atoms with E-state index in [0.717, 1.165) is 10.9 Å². The number of rotatable bonds is 0. The Balaban J connectivity index is 2.57. The van der Waals surface area contributed by atoms with Gasteiger partial charge in [-0.2, -0.15) is 5.10 Å². The average Bonchev–Trinajstić information content (AvgIpc) is 2.54. The van der Waals surface area contributed by atoms with E-state index < -0.39 is 0 Å². The van der Waals surface area contributed by atoms with Crippen molar-refractivity contribution in [3.8, 4) is 0 Å². The summed E-state index contributed by atoms with van der Waals surface area (Å²) >= 11 is 0. The summed E-state index contributed by atoms with van der Waals surface area (Å²) in [4.78, 5) is 3.94. The van der Waals surface area contributed by atoms with Crippen LogP contribution in [-0.4, -0.2) is 14.6 Å². The van der Waals surface area contributed by atoms with E-state index in [2.05, 4.69) is 10.1 Å².